The molecule has 0 aliphatic heterocycles. The van der Waals surface area contributed by atoms with E-state index in [4.69, 9.17) is 10.5 Å². The highest BCUT2D eigenvalue weighted by Gasteiger charge is 2.07. The zero-order valence-electron chi connectivity index (χ0n) is 10.4. The van der Waals surface area contributed by atoms with Crippen LogP contribution in [0.4, 0.5) is 0 Å². The Morgan fingerprint density at radius 1 is 1.33 bits per heavy atom. The van der Waals surface area contributed by atoms with Gasteiger partial charge in [0.1, 0.15) is 15.8 Å². The zero-order chi connectivity index (χ0) is 12.8. The van der Waals surface area contributed by atoms with Crippen LogP contribution >= 0.6 is 11.3 Å². The first-order valence-electron chi connectivity index (χ1n) is 6.09. The topological polar surface area (TPSA) is 61.0 Å². The second-order valence-corrected chi connectivity index (χ2v) is 4.98. The van der Waals surface area contributed by atoms with Gasteiger partial charge in [-0.1, -0.05) is 30.4 Å². The first-order chi connectivity index (χ1) is 8.83. The second-order valence-electron chi connectivity index (χ2n) is 3.92. The lowest BCUT2D eigenvalue weighted by atomic mass is 10.2. The Morgan fingerprint density at radius 3 is 3.00 bits per heavy atom. The Morgan fingerprint density at radius 2 is 2.22 bits per heavy atom. The lowest BCUT2D eigenvalue weighted by Gasteiger charge is -2.04. The van der Waals surface area contributed by atoms with Crippen LogP contribution in [0.3, 0.4) is 0 Å². The minimum absolute atomic E-state index is 0.605. The molecule has 1 aromatic heterocycles. The summed E-state index contributed by atoms with van der Waals surface area (Å²) < 4.78 is 5.61. The zero-order valence-corrected chi connectivity index (χ0v) is 11.2. The number of nitrogens with two attached hydrogens (primary N) is 1. The van der Waals surface area contributed by atoms with Crippen molar-refractivity contribution in [1.29, 1.82) is 0 Å². The third kappa shape index (κ3) is 3.27. The molecule has 4 nitrogen and oxygen atoms in total. The average molecular weight is 263 g/mol. The molecule has 5 heteroatoms. The van der Waals surface area contributed by atoms with Crippen molar-refractivity contribution in [3.05, 3.63) is 29.3 Å². The maximum Gasteiger partial charge on any atom is 0.147 e. The fraction of sp³-hybridized carbons (Fsp3) is 0.385. The Balaban J connectivity index is 2.15. The van der Waals surface area contributed by atoms with Gasteiger partial charge in [0.05, 0.1) is 6.61 Å². The molecule has 0 aliphatic rings. The summed E-state index contributed by atoms with van der Waals surface area (Å²) in [5.74, 6) is 0.880. The van der Waals surface area contributed by atoms with E-state index in [1.807, 2.05) is 24.3 Å². The minimum atomic E-state index is 0.605. The van der Waals surface area contributed by atoms with Crippen molar-refractivity contribution in [2.75, 3.05) is 13.2 Å². The molecule has 0 spiro atoms. The van der Waals surface area contributed by atoms with E-state index in [1.54, 1.807) is 11.3 Å². The molecule has 0 radical (unpaired) electrons. The van der Waals surface area contributed by atoms with Gasteiger partial charge in [0.2, 0.25) is 0 Å². The summed E-state index contributed by atoms with van der Waals surface area (Å²) in [4.78, 5) is 0. The fourth-order valence-corrected chi connectivity index (χ4v) is 2.38. The van der Waals surface area contributed by atoms with E-state index in [9.17, 15) is 0 Å². The highest BCUT2D eigenvalue weighted by molar-refractivity contribution is 7.14. The van der Waals surface area contributed by atoms with Gasteiger partial charge in [-0.15, -0.1) is 10.2 Å². The van der Waals surface area contributed by atoms with E-state index < -0.39 is 0 Å². The lowest BCUT2D eigenvalue weighted by molar-refractivity contribution is 0.317. The third-order valence-corrected chi connectivity index (χ3v) is 3.41. The summed E-state index contributed by atoms with van der Waals surface area (Å²) in [6, 6.07) is 7.96. The molecule has 18 heavy (non-hydrogen) atoms. The van der Waals surface area contributed by atoms with Gasteiger partial charge in [-0.25, -0.2) is 0 Å². The summed E-state index contributed by atoms with van der Waals surface area (Å²) in [5, 5.41) is 10.2. The monoisotopic (exact) mass is 263 g/mol. The molecule has 0 saturated heterocycles. The Kier molecular flexibility index (Phi) is 4.66. The van der Waals surface area contributed by atoms with Crippen molar-refractivity contribution in [2.45, 2.75) is 19.8 Å². The van der Waals surface area contributed by atoms with E-state index >= 15 is 0 Å². The number of aromatic nitrogens is 2. The second kappa shape index (κ2) is 6.47. The van der Waals surface area contributed by atoms with Crippen LogP contribution in [0, 0.1) is 0 Å². The Hall–Kier alpha value is -1.46. The number of hydrogen-bond donors (Lipinski definition) is 1. The normalized spacial score (nSPS) is 10.6. The van der Waals surface area contributed by atoms with Crippen LogP contribution in [0.2, 0.25) is 0 Å². The molecule has 1 heterocycles. The van der Waals surface area contributed by atoms with Crippen LogP contribution in [-0.2, 0) is 6.42 Å². The van der Waals surface area contributed by atoms with Gasteiger partial charge in [-0.3, -0.25) is 0 Å². The van der Waals surface area contributed by atoms with E-state index in [0.29, 0.717) is 6.54 Å². The van der Waals surface area contributed by atoms with Crippen molar-refractivity contribution in [1.82, 2.24) is 10.2 Å². The largest absolute Gasteiger partial charge is 0.494 e. The first kappa shape index (κ1) is 13.0. The molecule has 0 saturated carbocycles. The van der Waals surface area contributed by atoms with Gasteiger partial charge < -0.3 is 10.5 Å². The van der Waals surface area contributed by atoms with Crippen LogP contribution in [0.1, 0.15) is 18.4 Å². The van der Waals surface area contributed by atoms with Gasteiger partial charge in [0.15, 0.2) is 0 Å². The van der Waals surface area contributed by atoms with Gasteiger partial charge in [0, 0.05) is 12.0 Å². The maximum absolute atomic E-state index is 5.61. The van der Waals surface area contributed by atoms with Crippen LogP contribution in [-0.4, -0.2) is 23.3 Å². The molecule has 0 aliphatic carbocycles. The van der Waals surface area contributed by atoms with E-state index in [2.05, 4.69) is 17.1 Å². The molecule has 0 atom stereocenters. The third-order valence-electron chi connectivity index (χ3n) is 2.38. The molecule has 0 amide bonds. The molecule has 96 valence electrons. The summed E-state index contributed by atoms with van der Waals surface area (Å²) in [5.41, 5.74) is 6.55. The smallest absolute Gasteiger partial charge is 0.147 e. The Bertz CT molecular complexity index is 498. The van der Waals surface area contributed by atoms with E-state index in [0.717, 1.165) is 40.8 Å². The van der Waals surface area contributed by atoms with Crippen LogP contribution in [0.5, 0.6) is 5.75 Å². The van der Waals surface area contributed by atoms with Crippen molar-refractivity contribution in [2.24, 2.45) is 5.73 Å². The predicted molar refractivity (Wildman–Crippen MR) is 73.9 cm³/mol. The van der Waals surface area contributed by atoms with Crippen molar-refractivity contribution >= 4 is 11.3 Å². The lowest BCUT2D eigenvalue weighted by Crippen LogP contribution is -2.01. The minimum Gasteiger partial charge on any atom is -0.494 e. The Labute approximate surface area is 111 Å². The van der Waals surface area contributed by atoms with Crippen molar-refractivity contribution in [3.63, 3.8) is 0 Å². The average Bonchev–Trinajstić information content (AvgIpc) is 2.86. The SMILES string of the molecule is CCCOc1cccc(-c2nnc(CCN)s2)c1. The molecule has 1 aromatic carbocycles. The number of benzene rings is 1. The number of hydrogen-bond acceptors (Lipinski definition) is 5. The quantitative estimate of drug-likeness (QED) is 0.870. The number of ether oxygens (including phenoxy) is 1. The van der Waals surface area contributed by atoms with Crippen molar-refractivity contribution < 1.29 is 4.74 Å². The van der Waals surface area contributed by atoms with Crippen LogP contribution in [0.25, 0.3) is 10.6 Å². The number of nitrogens with zero attached hydrogens (tertiary/aromatic N) is 2. The summed E-state index contributed by atoms with van der Waals surface area (Å²) in [6.07, 6.45) is 1.79. The first-order valence-corrected chi connectivity index (χ1v) is 6.91. The van der Waals surface area contributed by atoms with Gasteiger partial charge in [-0.05, 0) is 25.1 Å². The molecule has 0 bridgehead atoms. The van der Waals surface area contributed by atoms with Gasteiger partial charge in [0.25, 0.3) is 0 Å². The number of rotatable bonds is 6. The summed E-state index contributed by atoms with van der Waals surface area (Å²) in [7, 11) is 0. The van der Waals surface area contributed by atoms with Crippen LogP contribution in [0.15, 0.2) is 24.3 Å². The predicted octanol–water partition coefficient (Wildman–Crippen LogP) is 2.50. The van der Waals surface area contributed by atoms with E-state index in [-0.39, 0.29) is 0 Å². The molecule has 2 N–H and O–H groups in total. The summed E-state index contributed by atoms with van der Waals surface area (Å²) >= 11 is 1.59. The molecular weight excluding hydrogens is 246 g/mol. The van der Waals surface area contributed by atoms with E-state index in [1.165, 1.54) is 0 Å². The molecule has 0 fully saturated rings. The maximum atomic E-state index is 5.61. The van der Waals surface area contributed by atoms with Gasteiger partial charge in [-0.2, -0.15) is 0 Å². The fourth-order valence-electron chi connectivity index (χ4n) is 1.53. The standard InChI is InChI=1S/C13H17N3OS/c1-2-8-17-11-5-3-4-10(9-11)13-16-15-12(18-13)6-7-14/h3-5,9H,2,6-8,14H2,1H3. The molecule has 2 aromatic rings. The molecule has 0 unspecified atom stereocenters. The highest BCUT2D eigenvalue weighted by atomic mass is 32.1. The van der Waals surface area contributed by atoms with Crippen molar-refractivity contribution in [3.8, 4) is 16.3 Å². The summed E-state index contributed by atoms with van der Waals surface area (Å²) in [6.45, 7) is 3.43. The molecular formula is C13H17N3OS. The van der Waals surface area contributed by atoms with Crippen LogP contribution < -0.4 is 10.5 Å². The highest BCUT2D eigenvalue weighted by Crippen LogP contribution is 2.26. The van der Waals surface area contributed by atoms with Gasteiger partial charge >= 0.3 is 0 Å². The molecule has 2 rings (SSSR count).